The van der Waals surface area contributed by atoms with Gasteiger partial charge in [-0.05, 0) is 60.4 Å². The van der Waals surface area contributed by atoms with Gasteiger partial charge in [0.15, 0.2) is 0 Å². The van der Waals surface area contributed by atoms with Gasteiger partial charge >= 0.3 is 0 Å². The number of rotatable bonds is 4. The third-order valence-electron chi connectivity index (χ3n) is 5.21. The number of fused-ring (bicyclic) bond motifs is 1. The van der Waals surface area contributed by atoms with Gasteiger partial charge in [-0.1, -0.05) is 42.5 Å². The van der Waals surface area contributed by atoms with Crippen molar-refractivity contribution in [3.8, 4) is 0 Å². The van der Waals surface area contributed by atoms with Gasteiger partial charge in [-0.3, -0.25) is 4.79 Å². The minimum atomic E-state index is -3.54. The molecule has 3 aromatic rings. The minimum absolute atomic E-state index is 0.173. The SMILES string of the molecule is Cc1ccccc1C(=O)Nc1ccc2c(c1)CN(S(=O)(=O)c1ccccc1)CC2. The predicted molar refractivity (Wildman–Crippen MR) is 113 cm³/mol. The maximum absolute atomic E-state index is 12.9. The van der Waals surface area contributed by atoms with Crippen molar-refractivity contribution in [3.05, 3.63) is 95.1 Å². The number of aryl methyl sites for hydroxylation is 1. The monoisotopic (exact) mass is 406 g/mol. The van der Waals surface area contributed by atoms with Gasteiger partial charge in [0, 0.05) is 24.3 Å². The Kier molecular flexibility index (Phi) is 5.22. The number of benzene rings is 3. The van der Waals surface area contributed by atoms with E-state index in [1.807, 2.05) is 43.3 Å². The molecule has 5 nitrogen and oxygen atoms in total. The van der Waals surface area contributed by atoms with Crippen molar-refractivity contribution in [1.82, 2.24) is 4.31 Å². The molecular formula is C23H22N2O3S. The summed E-state index contributed by atoms with van der Waals surface area (Å²) in [6, 6.07) is 21.6. The van der Waals surface area contributed by atoms with E-state index in [-0.39, 0.29) is 5.91 Å². The fourth-order valence-electron chi connectivity index (χ4n) is 3.58. The maximum atomic E-state index is 12.9. The van der Waals surface area contributed by atoms with Crippen LogP contribution >= 0.6 is 0 Å². The summed E-state index contributed by atoms with van der Waals surface area (Å²) in [6.45, 7) is 2.63. The van der Waals surface area contributed by atoms with Crippen LogP contribution in [0.3, 0.4) is 0 Å². The second-order valence-corrected chi connectivity index (χ2v) is 9.09. The summed E-state index contributed by atoms with van der Waals surface area (Å²) >= 11 is 0. The molecule has 1 aliphatic heterocycles. The summed E-state index contributed by atoms with van der Waals surface area (Å²) in [5.74, 6) is -0.173. The number of hydrogen-bond acceptors (Lipinski definition) is 3. The van der Waals surface area contributed by atoms with Gasteiger partial charge in [0.25, 0.3) is 5.91 Å². The molecule has 1 heterocycles. The molecule has 0 unspecified atom stereocenters. The van der Waals surface area contributed by atoms with Crippen LogP contribution in [0, 0.1) is 6.92 Å². The Labute approximate surface area is 171 Å². The summed E-state index contributed by atoms with van der Waals surface area (Å²) in [5, 5.41) is 2.93. The molecular weight excluding hydrogens is 384 g/mol. The molecule has 3 aromatic carbocycles. The average Bonchev–Trinajstić information content (AvgIpc) is 2.74. The first-order chi connectivity index (χ1) is 13.9. The second-order valence-electron chi connectivity index (χ2n) is 7.15. The van der Waals surface area contributed by atoms with E-state index in [4.69, 9.17) is 0 Å². The molecule has 0 saturated heterocycles. The van der Waals surface area contributed by atoms with E-state index < -0.39 is 10.0 Å². The van der Waals surface area contributed by atoms with Crippen LogP contribution in [-0.4, -0.2) is 25.2 Å². The largest absolute Gasteiger partial charge is 0.322 e. The highest BCUT2D eigenvalue weighted by molar-refractivity contribution is 7.89. The van der Waals surface area contributed by atoms with E-state index in [2.05, 4.69) is 5.32 Å². The topological polar surface area (TPSA) is 66.5 Å². The minimum Gasteiger partial charge on any atom is -0.322 e. The summed E-state index contributed by atoms with van der Waals surface area (Å²) in [4.78, 5) is 12.9. The number of anilines is 1. The second kappa shape index (κ2) is 7.81. The number of nitrogens with zero attached hydrogens (tertiary/aromatic N) is 1. The molecule has 0 aliphatic carbocycles. The number of carbonyl (C=O) groups excluding carboxylic acids is 1. The molecule has 29 heavy (non-hydrogen) atoms. The van der Waals surface area contributed by atoms with Crippen LogP contribution < -0.4 is 5.32 Å². The summed E-state index contributed by atoms with van der Waals surface area (Å²) in [5.41, 5.74) is 4.22. The van der Waals surface area contributed by atoms with E-state index in [9.17, 15) is 13.2 Å². The van der Waals surface area contributed by atoms with Crippen molar-refractivity contribution in [2.24, 2.45) is 0 Å². The van der Waals surface area contributed by atoms with Crippen LogP contribution in [0.1, 0.15) is 27.0 Å². The molecule has 0 fully saturated rings. The van der Waals surface area contributed by atoms with Gasteiger partial charge in [-0.2, -0.15) is 4.31 Å². The molecule has 1 amide bonds. The number of nitrogens with one attached hydrogen (secondary N) is 1. The molecule has 0 radical (unpaired) electrons. The Morgan fingerprint density at radius 3 is 2.41 bits per heavy atom. The van der Waals surface area contributed by atoms with Crippen LogP contribution in [0.25, 0.3) is 0 Å². The number of hydrogen-bond donors (Lipinski definition) is 1. The lowest BCUT2D eigenvalue weighted by atomic mass is 10.0. The van der Waals surface area contributed by atoms with Gasteiger partial charge in [0.1, 0.15) is 0 Å². The molecule has 6 heteroatoms. The zero-order valence-electron chi connectivity index (χ0n) is 16.1. The summed E-state index contributed by atoms with van der Waals surface area (Å²) in [6.07, 6.45) is 0.646. The van der Waals surface area contributed by atoms with Gasteiger partial charge < -0.3 is 5.32 Å². The van der Waals surface area contributed by atoms with Gasteiger partial charge in [0.2, 0.25) is 10.0 Å². The fraction of sp³-hybridized carbons (Fsp3) is 0.174. The molecule has 0 atom stereocenters. The fourth-order valence-corrected chi connectivity index (χ4v) is 5.02. The number of sulfonamides is 1. The first-order valence-corrected chi connectivity index (χ1v) is 10.9. The Balaban J connectivity index is 1.56. The quantitative estimate of drug-likeness (QED) is 0.712. The highest BCUT2D eigenvalue weighted by Gasteiger charge is 2.28. The predicted octanol–water partition coefficient (Wildman–Crippen LogP) is 3.99. The normalized spacial score (nSPS) is 14.2. The van der Waals surface area contributed by atoms with Crippen molar-refractivity contribution in [2.45, 2.75) is 24.8 Å². The van der Waals surface area contributed by atoms with Crippen molar-refractivity contribution in [3.63, 3.8) is 0 Å². The lowest BCUT2D eigenvalue weighted by Crippen LogP contribution is -2.36. The van der Waals surface area contributed by atoms with Crippen LogP contribution in [0.4, 0.5) is 5.69 Å². The smallest absolute Gasteiger partial charge is 0.255 e. The van der Waals surface area contributed by atoms with E-state index in [1.165, 1.54) is 4.31 Å². The van der Waals surface area contributed by atoms with Gasteiger partial charge in [0.05, 0.1) is 4.90 Å². The summed E-state index contributed by atoms with van der Waals surface area (Å²) in [7, 11) is -3.54. The standard InChI is InChI=1S/C23H22N2O3S/c1-17-7-5-6-10-22(17)23(26)24-20-12-11-18-13-14-25(16-19(18)15-20)29(27,28)21-8-3-2-4-9-21/h2-12,15H,13-14,16H2,1H3,(H,24,26). The van der Waals surface area contributed by atoms with Gasteiger partial charge in [-0.25, -0.2) is 8.42 Å². The van der Waals surface area contributed by atoms with E-state index in [1.54, 1.807) is 36.4 Å². The Hall–Kier alpha value is -2.96. The third kappa shape index (κ3) is 3.95. The third-order valence-corrected chi connectivity index (χ3v) is 7.07. The Morgan fingerprint density at radius 1 is 0.931 bits per heavy atom. The van der Waals surface area contributed by atoms with E-state index in [0.29, 0.717) is 35.7 Å². The lowest BCUT2D eigenvalue weighted by Gasteiger charge is -2.28. The number of carbonyl (C=O) groups is 1. The average molecular weight is 407 g/mol. The zero-order chi connectivity index (χ0) is 20.4. The maximum Gasteiger partial charge on any atom is 0.255 e. The van der Waals surface area contributed by atoms with Crippen molar-refractivity contribution >= 4 is 21.6 Å². The molecule has 0 spiro atoms. The van der Waals surface area contributed by atoms with Crippen LogP contribution in [0.2, 0.25) is 0 Å². The van der Waals surface area contributed by atoms with E-state index in [0.717, 1.165) is 16.7 Å². The van der Waals surface area contributed by atoms with Gasteiger partial charge in [-0.15, -0.1) is 0 Å². The molecule has 0 saturated carbocycles. The molecule has 0 aromatic heterocycles. The van der Waals surface area contributed by atoms with Crippen LogP contribution in [-0.2, 0) is 23.0 Å². The lowest BCUT2D eigenvalue weighted by molar-refractivity contribution is 0.102. The highest BCUT2D eigenvalue weighted by Crippen LogP contribution is 2.27. The van der Waals surface area contributed by atoms with Crippen LogP contribution in [0.15, 0.2) is 77.7 Å². The van der Waals surface area contributed by atoms with Crippen molar-refractivity contribution < 1.29 is 13.2 Å². The van der Waals surface area contributed by atoms with E-state index >= 15 is 0 Å². The Morgan fingerprint density at radius 2 is 1.66 bits per heavy atom. The zero-order valence-corrected chi connectivity index (χ0v) is 16.9. The van der Waals surface area contributed by atoms with Crippen molar-refractivity contribution in [2.75, 3.05) is 11.9 Å². The molecule has 1 N–H and O–H groups in total. The molecule has 1 aliphatic rings. The first-order valence-electron chi connectivity index (χ1n) is 9.49. The summed E-state index contributed by atoms with van der Waals surface area (Å²) < 4.78 is 27.4. The van der Waals surface area contributed by atoms with Crippen molar-refractivity contribution in [1.29, 1.82) is 0 Å². The highest BCUT2D eigenvalue weighted by atomic mass is 32.2. The Bertz CT molecular complexity index is 1160. The number of amides is 1. The molecule has 4 rings (SSSR count). The molecule has 0 bridgehead atoms. The molecule has 148 valence electrons. The first kappa shape index (κ1) is 19.4. The van der Waals surface area contributed by atoms with Crippen LogP contribution in [0.5, 0.6) is 0 Å².